The molecule has 0 aromatic carbocycles. The normalized spacial score (nSPS) is 27.3. The van der Waals surface area contributed by atoms with Gasteiger partial charge in [-0.2, -0.15) is 0 Å². The van der Waals surface area contributed by atoms with Gasteiger partial charge >= 0.3 is 0 Å². The van der Waals surface area contributed by atoms with E-state index in [9.17, 15) is 14.7 Å². The highest BCUT2D eigenvalue weighted by Crippen LogP contribution is 2.40. The zero-order chi connectivity index (χ0) is 19.7. The molecule has 3 N–H and O–H groups in total. The second-order valence-corrected chi connectivity index (χ2v) is 7.63. The molecule has 0 radical (unpaired) electrons. The van der Waals surface area contributed by atoms with Gasteiger partial charge in [-0.05, 0) is 31.9 Å². The van der Waals surface area contributed by atoms with Gasteiger partial charge in [0.05, 0.1) is 17.7 Å². The highest BCUT2D eigenvalue weighted by Gasteiger charge is 2.50. The second kappa shape index (κ2) is 7.40. The van der Waals surface area contributed by atoms with Gasteiger partial charge in [-0.3, -0.25) is 9.59 Å². The number of aliphatic hydroxyl groups is 1. The van der Waals surface area contributed by atoms with Gasteiger partial charge in [0.25, 0.3) is 5.91 Å². The Balaban J connectivity index is 1.66. The summed E-state index contributed by atoms with van der Waals surface area (Å²) in [5.41, 5.74) is -0.783. The summed E-state index contributed by atoms with van der Waals surface area (Å²) in [6, 6.07) is 3.45. The Morgan fingerprint density at radius 1 is 1.30 bits per heavy atom. The van der Waals surface area contributed by atoms with Crippen LogP contribution in [0.2, 0.25) is 0 Å². The molecular weight excluding hydrogens is 350 g/mol. The number of nitrogens with one attached hydrogen (secondary N) is 2. The van der Waals surface area contributed by atoms with Crippen LogP contribution in [0.3, 0.4) is 0 Å². The Kier molecular flexibility index (Phi) is 5.34. The van der Waals surface area contributed by atoms with Crippen molar-refractivity contribution in [3.05, 3.63) is 17.8 Å². The molecule has 3 heterocycles. The van der Waals surface area contributed by atoms with Crippen LogP contribution in [0.1, 0.15) is 43.6 Å². The third-order valence-corrected chi connectivity index (χ3v) is 5.54. The van der Waals surface area contributed by atoms with Crippen molar-refractivity contribution < 1.29 is 19.4 Å². The van der Waals surface area contributed by atoms with Gasteiger partial charge in [-0.15, -0.1) is 10.2 Å². The number of hydrogen-bond acceptors (Lipinski definition) is 7. The van der Waals surface area contributed by atoms with Gasteiger partial charge in [0.15, 0.2) is 11.5 Å². The fourth-order valence-electron chi connectivity index (χ4n) is 4.01. The van der Waals surface area contributed by atoms with E-state index in [2.05, 4.69) is 25.7 Å². The molecule has 2 atom stereocenters. The number of nitrogens with zero attached hydrogens (tertiary/aromatic N) is 3. The fraction of sp³-hybridized carbons (Fsp3) is 0.667. The number of amides is 2. The van der Waals surface area contributed by atoms with Crippen molar-refractivity contribution in [3.8, 4) is 0 Å². The highest BCUT2D eigenvalue weighted by molar-refractivity contribution is 5.91. The van der Waals surface area contributed by atoms with Crippen molar-refractivity contribution >= 4 is 17.6 Å². The van der Waals surface area contributed by atoms with Gasteiger partial charge in [-0.1, -0.05) is 0 Å². The number of anilines is 1. The van der Waals surface area contributed by atoms with Crippen LogP contribution in [0.15, 0.2) is 12.1 Å². The topological polar surface area (TPSA) is 117 Å². The first-order valence-electron chi connectivity index (χ1n) is 9.18. The molecule has 0 bridgehead atoms. The predicted octanol–water partition coefficient (Wildman–Crippen LogP) is -0.149. The molecule has 27 heavy (non-hydrogen) atoms. The molecule has 148 valence electrons. The third kappa shape index (κ3) is 4.03. The summed E-state index contributed by atoms with van der Waals surface area (Å²) in [6.45, 7) is 4.99. The summed E-state index contributed by atoms with van der Waals surface area (Å²) in [4.78, 5) is 25.2. The van der Waals surface area contributed by atoms with Crippen LogP contribution in [0, 0.1) is 0 Å². The lowest BCUT2D eigenvalue weighted by molar-refractivity contribution is -0.172. The molecule has 2 fully saturated rings. The van der Waals surface area contributed by atoms with Gasteiger partial charge in [0.2, 0.25) is 5.91 Å². The van der Waals surface area contributed by atoms with E-state index in [4.69, 9.17) is 4.74 Å². The van der Waals surface area contributed by atoms with Crippen molar-refractivity contribution in [2.75, 3.05) is 31.6 Å². The summed E-state index contributed by atoms with van der Waals surface area (Å²) < 4.78 is 6.03. The van der Waals surface area contributed by atoms with E-state index in [0.717, 1.165) is 31.7 Å². The van der Waals surface area contributed by atoms with E-state index in [1.54, 1.807) is 19.2 Å². The molecule has 0 aliphatic carbocycles. The van der Waals surface area contributed by atoms with Crippen LogP contribution in [0.25, 0.3) is 0 Å². The van der Waals surface area contributed by atoms with Gasteiger partial charge < -0.3 is 25.4 Å². The van der Waals surface area contributed by atoms with Crippen molar-refractivity contribution in [3.63, 3.8) is 0 Å². The van der Waals surface area contributed by atoms with Crippen LogP contribution in [0.5, 0.6) is 0 Å². The number of hydrogen-bond donors (Lipinski definition) is 3. The SMILES string of the molecule is CNC(=O)c1ccc(N2CCC3(CC2)C[C@@](C)(NC(C)=O)[C@H](O)CO3)nn1. The Labute approximate surface area is 158 Å². The van der Waals surface area contributed by atoms with Crippen molar-refractivity contribution in [1.29, 1.82) is 0 Å². The molecule has 3 rings (SSSR count). The van der Waals surface area contributed by atoms with Crippen LogP contribution in [0.4, 0.5) is 5.82 Å². The highest BCUT2D eigenvalue weighted by atomic mass is 16.5. The largest absolute Gasteiger partial charge is 0.388 e. The predicted molar refractivity (Wildman–Crippen MR) is 98.4 cm³/mol. The van der Waals surface area contributed by atoms with E-state index >= 15 is 0 Å². The Bertz CT molecular complexity index is 702. The molecule has 2 aliphatic rings. The Morgan fingerprint density at radius 2 is 2.00 bits per heavy atom. The number of aromatic nitrogens is 2. The van der Waals surface area contributed by atoms with E-state index < -0.39 is 11.6 Å². The molecule has 2 amide bonds. The quantitative estimate of drug-likeness (QED) is 0.671. The molecule has 1 spiro atoms. The fourth-order valence-corrected chi connectivity index (χ4v) is 4.01. The molecule has 9 heteroatoms. The summed E-state index contributed by atoms with van der Waals surface area (Å²) in [6.07, 6.45) is 1.35. The average Bonchev–Trinajstić information content (AvgIpc) is 2.65. The first-order valence-corrected chi connectivity index (χ1v) is 9.18. The maximum atomic E-state index is 11.6. The second-order valence-electron chi connectivity index (χ2n) is 7.63. The number of carbonyl (C=O) groups is 2. The molecule has 1 aromatic heterocycles. The summed E-state index contributed by atoms with van der Waals surface area (Å²) in [7, 11) is 1.55. The molecule has 9 nitrogen and oxygen atoms in total. The smallest absolute Gasteiger partial charge is 0.271 e. The van der Waals surface area contributed by atoms with Crippen LogP contribution < -0.4 is 15.5 Å². The summed E-state index contributed by atoms with van der Waals surface area (Å²) >= 11 is 0. The molecule has 1 aromatic rings. The molecular formula is C18H27N5O4. The maximum Gasteiger partial charge on any atom is 0.271 e. The zero-order valence-electron chi connectivity index (χ0n) is 16.0. The molecule has 0 saturated carbocycles. The average molecular weight is 377 g/mol. The molecule has 2 aliphatic heterocycles. The first-order chi connectivity index (χ1) is 12.8. The number of rotatable bonds is 3. The summed E-state index contributed by atoms with van der Waals surface area (Å²) in [5.74, 6) is 0.300. The minimum Gasteiger partial charge on any atom is -0.388 e. The lowest BCUT2D eigenvalue weighted by atomic mass is 9.74. The van der Waals surface area contributed by atoms with E-state index in [-0.39, 0.29) is 29.7 Å². The Hall–Kier alpha value is -2.26. The van der Waals surface area contributed by atoms with Gasteiger partial charge in [0, 0.05) is 33.5 Å². The minimum atomic E-state index is -0.729. The van der Waals surface area contributed by atoms with Gasteiger partial charge in [0.1, 0.15) is 6.10 Å². The lowest BCUT2D eigenvalue weighted by Gasteiger charge is -2.52. The monoisotopic (exact) mass is 377 g/mol. The zero-order valence-corrected chi connectivity index (χ0v) is 16.0. The Morgan fingerprint density at radius 3 is 2.56 bits per heavy atom. The number of aliphatic hydroxyl groups excluding tert-OH is 1. The number of piperidine rings is 1. The third-order valence-electron chi connectivity index (χ3n) is 5.54. The van der Waals surface area contributed by atoms with Crippen molar-refractivity contribution in [1.82, 2.24) is 20.8 Å². The number of ether oxygens (including phenoxy) is 1. The molecule has 2 saturated heterocycles. The van der Waals surface area contributed by atoms with Gasteiger partial charge in [-0.25, -0.2) is 0 Å². The van der Waals surface area contributed by atoms with E-state index in [0.29, 0.717) is 6.42 Å². The molecule has 0 unspecified atom stereocenters. The van der Waals surface area contributed by atoms with Crippen LogP contribution in [-0.2, 0) is 9.53 Å². The van der Waals surface area contributed by atoms with E-state index in [1.807, 2.05) is 6.92 Å². The van der Waals surface area contributed by atoms with Crippen molar-refractivity contribution in [2.24, 2.45) is 0 Å². The first kappa shape index (κ1) is 19.5. The number of carbonyl (C=O) groups excluding carboxylic acids is 2. The van der Waals surface area contributed by atoms with E-state index in [1.165, 1.54) is 6.92 Å². The van der Waals surface area contributed by atoms with Crippen molar-refractivity contribution in [2.45, 2.75) is 50.4 Å². The maximum absolute atomic E-state index is 11.6. The summed E-state index contributed by atoms with van der Waals surface area (Å²) in [5, 5.41) is 23.9. The lowest BCUT2D eigenvalue weighted by Crippen LogP contribution is -2.65. The standard InChI is InChI=1S/C18H27N5O4/c1-12(24)20-17(2)11-18(27-10-14(17)25)6-8-23(9-7-18)15-5-4-13(21-22-15)16(26)19-3/h4-5,14,25H,6-11H2,1-3H3,(H,19,26)(H,20,24)/t14-,17-/m1/s1. The van der Waals surface area contributed by atoms with Crippen LogP contribution in [-0.4, -0.2) is 71.1 Å². The van der Waals surface area contributed by atoms with Crippen LogP contribution >= 0.6 is 0 Å². The minimum absolute atomic E-state index is 0.155.